The molecule has 1 fully saturated rings. The lowest BCUT2D eigenvalue weighted by Gasteiger charge is -2.21. The van der Waals surface area contributed by atoms with Crippen LogP contribution in [0.15, 0.2) is 41.0 Å². The second-order valence-corrected chi connectivity index (χ2v) is 8.31. The molecule has 9 heteroatoms. The Hall–Kier alpha value is -3.62. The molecule has 1 unspecified atom stereocenters. The molecule has 172 valence electrons. The van der Waals surface area contributed by atoms with Crippen LogP contribution < -0.4 is 19.5 Å². The molecule has 1 aromatic heterocycles. The summed E-state index contributed by atoms with van der Waals surface area (Å²) in [7, 11) is 0. The zero-order valence-corrected chi connectivity index (χ0v) is 18.1. The van der Waals surface area contributed by atoms with Gasteiger partial charge in [0.15, 0.2) is 17.2 Å². The first-order valence-corrected chi connectivity index (χ1v) is 10.7. The van der Waals surface area contributed by atoms with Crippen LogP contribution in [0, 0.1) is 18.6 Å². The van der Waals surface area contributed by atoms with Gasteiger partial charge in [0, 0.05) is 18.4 Å². The molecule has 1 aliphatic heterocycles. The van der Waals surface area contributed by atoms with Crippen LogP contribution in [-0.2, 0) is 0 Å². The molecule has 2 heterocycles. The second-order valence-electron chi connectivity index (χ2n) is 8.31. The van der Waals surface area contributed by atoms with Crippen LogP contribution in [0.3, 0.4) is 0 Å². The number of aromatic nitrogens is 1. The SMILES string of the molecule is Cc1c(F)cc(C(C)NC(=O)c2coc(Oc3cccc4c3OC3(CCCC3)O4)n2)cc1F. The van der Waals surface area contributed by atoms with Gasteiger partial charge in [0.05, 0.1) is 6.04 Å². The minimum atomic E-state index is -0.677. The maximum absolute atomic E-state index is 13.8. The van der Waals surface area contributed by atoms with Crippen molar-refractivity contribution in [2.24, 2.45) is 0 Å². The number of hydrogen-bond acceptors (Lipinski definition) is 6. The van der Waals surface area contributed by atoms with Crippen molar-refractivity contribution >= 4 is 5.91 Å². The van der Waals surface area contributed by atoms with E-state index in [0.29, 0.717) is 22.8 Å². The molecule has 1 aliphatic carbocycles. The van der Waals surface area contributed by atoms with Gasteiger partial charge in [-0.2, -0.15) is 4.98 Å². The van der Waals surface area contributed by atoms with Crippen LogP contribution in [0.5, 0.6) is 23.3 Å². The minimum Gasteiger partial charge on any atom is -0.448 e. The van der Waals surface area contributed by atoms with Gasteiger partial charge in [-0.1, -0.05) is 6.07 Å². The Morgan fingerprint density at radius 1 is 1.18 bits per heavy atom. The highest BCUT2D eigenvalue weighted by Crippen LogP contribution is 2.51. The Labute approximate surface area is 188 Å². The van der Waals surface area contributed by atoms with E-state index in [1.807, 2.05) is 6.07 Å². The molecule has 0 bridgehead atoms. The predicted molar refractivity (Wildman–Crippen MR) is 112 cm³/mol. The fourth-order valence-corrected chi connectivity index (χ4v) is 4.05. The number of fused-ring (bicyclic) bond motifs is 1. The molecule has 33 heavy (non-hydrogen) atoms. The molecule has 1 N–H and O–H groups in total. The van der Waals surface area contributed by atoms with Crippen LogP contribution in [0.25, 0.3) is 0 Å². The van der Waals surface area contributed by atoms with E-state index in [9.17, 15) is 13.6 Å². The molecule has 3 aromatic rings. The quantitative estimate of drug-likeness (QED) is 0.539. The number of oxazole rings is 1. The number of carbonyl (C=O) groups excluding carboxylic acids is 1. The monoisotopic (exact) mass is 456 g/mol. The summed E-state index contributed by atoms with van der Waals surface area (Å²) < 4.78 is 50.8. The number of ether oxygens (including phenoxy) is 3. The first kappa shape index (κ1) is 21.2. The first-order chi connectivity index (χ1) is 15.8. The van der Waals surface area contributed by atoms with Gasteiger partial charge < -0.3 is 23.9 Å². The van der Waals surface area contributed by atoms with Gasteiger partial charge >= 0.3 is 6.08 Å². The van der Waals surface area contributed by atoms with Gasteiger partial charge in [-0.25, -0.2) is 8.78 Å². The summed E-state index contributed by atoms with van der Waals surface area (Å²) in [5.74, 6) is -1.15. The number of hydrogen-bond donors (Lipinski definition) is 1. The molecule has 5 rings (SSSR count). The van der Waals surface area contributed by atoms with Gasteiger partial charge in [-0.05, 0) is 56.5 Å². The lowest BCUT2D eigenvalue weighted by atomic mass is 10.1. The van der Waals surface area contributed by atoms with Crippen LogP contribution in [0.2, 0.25) is 0 Å². The smallest absolute Gasteiger partial charge is 0.399 e. The first-order valence-electron chi connectivity index (χ1n) is 10.7. The molecule has 1 saturated carbocycles. The van der Waals surface area contributed by atoms with Crippen LogP contribution >= 0.6 is 0 Å². The second kappa shape index (κ2) is 8.06. The summed E-state index contributed by atoms with van der Waals surface area (Å²) >= 11 is 0. The Morgan fingerprint density at radius 3 is 2.64 bits per heavy atom. The lowest BCUT2D eigenvalue weighted by Crippen LogP contribution is -2.34. The summed E-state index contributed by atoms with van der Waals surface area (Å²) in [5, 5.41) is 2.64. The predicted octanol–water partition coefficient (Wildman–Crippen LogP) is 5.59. The molecule has 0 saturated heterocycles. The molecule has 2 aromatic carbocycles. The zero-order chi connectivity index (χ0) is 23.2. The van der Waals surface area contributed by atoms with Gasteiger partial charge in [0.25, 0.3) is 11.7 Å². The van der Waals surface area contributed by atoms with Crippen molar-refractivity contribution < 1.29 is 32.2 Å². The summed E-state index contributed by atoms with van der Waals surface area (Å²) in [4.78, 5) is 16.6. The highest BCUT2D eigenvalue weighted by atomic mass is 19.1. The summed E-state index contributed by atoms with van der Waals surface area (Å²) in [5.41, 5.74) is 0.180. The fraction of sp³-hybridized carbons (Fsp3) is 0.333. The fourth-order valence-electron chi connectivity index (χ4n) is 4.05. The maximum Gasteiger partial charge on any atom is 0.399 e. The molecule has 1 spiro atoms. The molecule has 0 radical (unpaired) electrons. The number of halogens is 2. The third kappa shape index (κ3) is 3.99. The molecule has 1 amide bonds. The highest BCUT2D eigenvalue weighted by Gasteiger charge is 2.45. The van der Waals surface area contributed by atoms with Crippen molar-refractivity contribution in [1.29, 1.82) is 0 Å². The van der Waals surface area contributed by atoms with Gasteiger partial charge in [-0.3, -0.25) is 4.79 Å². The van der Waals surface area contributed by atoms with E-state index >= 15 is 0 Å². The molecular formula is C24H22F2N2O5. The van der Waals surface area contributed by atoms with E-state index < -0.39 is 29.4 Å². The van der Waals surface area contributed by atoms with Gasteiger partial charge in [0.2, 0.25) is 5.75 Å². The van der Waals surface area contributed by atoms with Crippen molar-refractivity contribution in [2.75, 3.05) is 0 Å². The third-order valence-corrected chi connectivity index (χ3v) is 5.96. The number of nitrogens with one attached hydrogen (secondary N) is 1. The topological polar surface area (TPSA) is 82.8 Å². The van der Waals surface area contributed by atoms with E-state index in [4.69, 9.17) is 18.6 Å². The van der Waals surface area contributed by atoms with Crippen molar-refractivity contribution in [1.82, 2.24) is 10.3 Å². The lowest BCUT2D eigenvalue weighted by molar-refractivity contribution is -0.0723. The zero-order valence-electron chi connectivity index (χ0n) is 18.1. The van der Waals surface area contributed by atoms with Crippen LogP contribution in [-0.4, -0.2) is 16.7 Å². The number of benzene rings is 2. The Balaban J connectivity index is 1.28. The van der Waals surface area contributed by atoms with Crippen molar-refractivity contribution in [3.05, 3.63) is 65.1 Å². The number of rotatable bonds is 5. The molecule has 7 nitrogen and oxygen atoms in total. The standard InChI is InChI=1S/C24H22F2N2O5/c1-13-16(25)10-15(11-17(13)26)14(2)27-22(29)18-12-30-23(28-18)31-19-6-5-7-20-21(19)33-24(32-20)8-3-4-9-24/h5-7,10-12,14H,3-4,8-9H2,1-2H3,(H,27,29). The van der Waals surface area contributed by atoms with Crippen LogP contribution in [0.1, 0.15) is 60.3 Å². The van der Waals surface area contributed by atoms with Crippen molar-refractivity contribution in [2.45, 2.75) is 51.4 Å². The Morgan fingerprint density at radius 2 is 1.91 bits per heavy atom. The minimum absolute atomic E-state index is 0.0399. The third-order valence-electron chi connectivity index (χ3n) is 5.96. The average molecular weight is 456 g/mol. The highest BCUT2D eigenvalue weighted by molar-refractivity contribution is 5.92. The van der Waals surface area contributed by atoms with E-state index in [1.54, 1.807) is 19.1 Å². The normalized spacial score (nSPS) is 16.7. The van der Waals surface area contributed by atoms with Gasteiger partial charge in [0.1, 0.15) is 17.9 Å². The van der Waals surface area contributed by atoms with E-state index in [2.05, 4.69) is 10.3 Å². The molecular weight excluding hydrogens is 434 g/mol. The Bertz CT molecular complexity index is 1200. The number of carbonyl (C=O) groups is 1. The number of nitrogens with zero attached hydrogens (tertiary/aromatic N) is 1. The summed E-state index contributed by atoms with van der Waals surface area (Å²) in [6.07, 6.45) is 4.66. The summed E-state index contributed by atoms with van der Waals surface area (Å²) in [6, 6.07) is 6.99. The van der Waals surface area contributed by atoms with E-state index in [0.717, 1.165) is 31.9 Å². The van der Waals surface area contributed by atoms with Crippen LogP contribution in [0.4, 0.5) is 8.78 Å². The van der Waals surface area contributed by atoms with Crippen molar-refractivity contribution in [3.63, 3.8) is 0 Å². The van der Waals surface area contributed by atoms with E-state index in [-0.39, 0.29) is 17.3 Å². The number of amides is 1. The molecule has 2 aliphatic rings. The largest absolute Gasteiger partial charge is 0.448 e. The summed E-state index contributed by atoms with van der Waals surface area (Å²) in [6.45, 7) is 2.96. The van der Waals surface area contributed by atoms with Gasteiger partial charge in [-0.15, -0.1) is 0 Å². The van der Waals surface area contributed by atoms with E-state index in [1.165, 1.54) is 19.1 Å². The molecule has 1 atom stereocenters. The average Bonchev–Trinajstić information content (AvgIpc) is 3.52. The number of para-hydroxylation sites is 1. The maximum atomic E-state index is 13.8. The van der Waals surface area contributed by atoms with Crippen molar-refractivity contribution in [3.8, 4) is 23.3 Å². The Kier molecular flexibility index (Phi) is 5.19.